The second kappa shape index (κ2) is 7.82. The maximum Gasteiger partial charge on any atom is 0.251 e. The van der Waals surface area contributed by atoms with Crippen LogP contribution in [-0.4, -0.2) is 38.4 Å². The Morgan fingerprint density at radius 2 is 2.24 bits per heavy atom. The summed E-state index contributed by atoms with van der Waals surface area (Å²) in [6, 6.07) is 5.35. The highest BCUT2D eigenvalue weighted by Gasteiger charge is 2.14. The number of carbonyl (C=O) groups is 1. The van der Waals surface area contributed by atoms with Crippen molar-refractivity contribution in [3.8, 4) is 12.3 Å². The first kappa shape index (κ1) is 15.6. The summed E-state index contributed by atoms with van der Waals surface area (Å²) in [7, 11) is 0. The van der Waals surface area contributed by atoms with Gasteiger partial charge in [-0.05, 0) is 43.5 Å². The van der Waals surface area contributed by atoms with Crippen molar-refractivity contribution in [2.24, 2.45) is 0 Å². The van der Waals surface area contributed by atoms with Crippen molar-refractivity contribution in [3.63, 3.8) is 0 Å². The van der Waals surface area contributed by atoms with Crippen LogP contribution in [0.5, 0.6) is 0 Å². The number of ether oxygens (including phenoxy) is 2. The van der Waals surface area contributed by atoms with E-state index in [1.807, 2.05) is 13.0 Å². The zero-order chi connectivity index (χ0) is 15.1. The SMILES string of the molecule is C#Cc1ccc(C(=O)NCCOC2CCOCC2)cc1C. The summed E-state index contributed by atoms with van der Waals surface area (Å²) in [5.74, 6) is 2.49. The molecule has 0 aromatic heterocycles. The van der Waals surface area contributed by atoms with E-state index in [-0.39, 0.29) is 12.0 Å². The second-order valence-corrected chi connectivity index (χ2v) is 5.11. The van der Waals surface area contributed by atoms with E-state index in [0.717, 1.165) is 37.2 Å². The molecule has 1 fully saturated rings. The van der Waals surface area contributed by atoms with E-state index in [0.29, 0.717) is 18.7 Å². The van der Waals surface area contributed by atoms with E-state index in [1.54, 1.807) is 12.1 Å². The molecule has 0 saturated carbocycles. The summed E-state index contributed by atoms with van der Waals surface area (Å²) in [5.41, 5.74) is 2.37. The maximum absolute atomic E-state index is 12.0. The van der Waals surface area contributed by atoms with Crippen LogP contribution in [0, 0.1) is 19.3 Å². The number of carbonyl (C=O) groups excluding carboxylic acids is 1. The summed E-state index contributed by atoms with van der Waals surface area (Å²) in [4.78, 5) is 12.0. The van der Waals surface area contributed by atoms with Gasteiger partial charge in [-0.3, -0.25) is 4.79 Å². The van der Waals surface area contributed by atoms with Gasteiger partial charge in [0.1, 0.15) is 0 Å². The number of aryl methyl sites for hydroxylation is 1. The fraction of sp³-hybridized carbons (Fsp3) is 0.471. The monoisotopic (exact) mass is 287 g/mol. The average Bonchev–Trinajstić information content (AvgIpc) is 2.52. The number of rotatable bonds is 5. The Morgan fingerprint density at radius 3 is 2.90 bits per heavy atom. The molecule has 2 rings (SSSR count). The number of nitrogens with one attached hydrogen (secondary N) is 1. The quantitative estimate of drug-likeness (QED) is 0.664. The van der Waals surface area contributed by atoms with E-state index in [9.17, 15) is 4.79 Å². The highest BCUT2D eigenvalue weighted by molar-refractivity contribution is 5.94. The molecule has 21 heavy (non-hydrogen) atoms. The van der Waals surface area contributed by atoms with E-state index < -0.39 is 0 Å². The lowest BCUT2D eigenvalue weighted by atomic mass is 10.1. The van der Waals surface area contributed by atoms with Crippen LogP contribution in [0.25, 0.3) is 0 Å². The number of hydrogen-bond acceptors (Lipinski definition) is 3. The summed E-state index contributed by atoms with van der Waals surface area (Å²) in [6.07, 6.45) is 7.49. The van der Waals surface area contributed by atoms with Gasteiger partial charge in [0, 0.05) is 30.9 Å². The normalized spacial score (nSPS) is 15.4. The Hall–Kier alpha value is -1.83. The van der Waals surface area contributed by atoms with Gasteiger partial charge < -0.3 is 14.8 Å². The maximum atomic E-state index is 12.0. The lowest BCUT2D eigenvalue weighted by Gasteiger charge is -2.22. The van der Waals surface area contributed by atoms with Crippen molar-refractivity contribution >= 4 is 5.91 Å². The van der Waals surface area contributed by atoms with E-state index in [1.165, 1.54) is 0 Å². The summed E-state index contributed by atoms with van der Waals surface area (Å²) >= 11 is 0. The van der Waals surface area contributed by atoms with E-state index in [2.05, 4.69) is 11.2 Å². The van der Waals surface area contributed by atoms with Crippen LogP contribution in [0.1, 0.15) is 34.3 Å². The smallest absolute Gasteiger partial charge is 0.251 e. The molecule has 112 valence electrons. The molecular formula is C17H21NO3. The Bertz CT molecular complexity index is 527. The largest absolute Gasteiger partial charge is 0.381 e. The molecule has 4 nitrogen and oxygen atoms in total. The van der Waals surface area contributed by atoms with Gasteiger partial charge in [0.2, 0.25) is 0 Å². The zero-order valence-electron chi connectivity index (χ0n) is 12.4. The molecule has 1 saturated heterocycles. The van der Waals surface area contributed by atoms with Crippen molar-refractivity contribution < 1.29 is 14.3 Å². The number of hydrogen-bond donors (Lipinski definition) is 1. The van der Waals surface area contributed by atoms with Crippen LogP contribution in [0.2, 0.25) is 0 Å². The van der Waals surface area contributed by atoms with Crippen LogP contribution in [-0.2, 0) is 9.47 Å². The molecule has 1 heterocycles. The fourth-order valence-electron chi connectivity index (χ4n) is 2.30. The third-order valence-corrected chi connectivity index (χ3v) is 3.55. The van der Waals surface area contributed by atoms with Crippen molar-refractivity contribution in [1.29, 1.82) is 0 Å². The summed E-state index contributed by atoms with van der Waals surface area (Å²) < 4.78 is 11.0. The Labute approximate surface area is 125 Å². The van der Waals surface area contributed by atoms with Crippen LogP contribution in [0.15, 0.2) is 18.2 Å². The standard InChI is InChI=1S/C17H21NO3/c1-3-14-4-5-15(12-13(14)2)17(19)18-8-11-21-16-6-9-20-10-7-16/h1,4-5,12,16H,6-11H2,2H3,(H,18,19). The molecule has 1 aliphatic rings. The summed E-state index contributed by atoms with van der Waals surface area (Å²) in [6.45, 7) is 4.46. The van der Waals surface area contributed by atoms with Gasteiger partial charge in [-0.1, -0.05) is 5.92 Å². The fourth-order valence-corrected chi connectivity index (χ4v) is 2.30. The molecule has 1 N–H and O–H groups in total. The lowest BCUT2D eigenvalue weighted by molar-refractivity contribution is -0.0302. The number of amides is 1. The molecule has 1 aromatic rings. The first-order valence-electron chi connectivity index (χ1n) is 7.25. The molecule has 0 radical (unpaired) electrons. The lowest BCUT2D eigenvalue weighted by Crippen LogP contribution is -2.30. The topological polar surface area (TPSA) is 47.6 Å². The molecule has 1 aromatic carbocycles. The van der Waals surface area contributed by atoms with Crippen molar-refractivity contribution in [2.75, 3.05) is 26.4 Å². The van der Waals surface area contributed by atoms with Crippen LogP contribution in [0.4, 0.5) is 0 Å². The third kappa shape index (κ3) is 4.59. The first-order valence-corrected chi connectivity index (χ1v) is 7.25. The predicted octanol–water partition coefficient (Wildman–Crippen LogP) is 1.90. The Kier molecular flexibility index (Phi) is 5.79. The van der Waals surface area contributed by atoms with Gasteiger partial charge in [-0.25, -0.2) is 0 Å². The van der Waals surface area contributed by atoms with Crippen molar-refractivity contribution in [3.05, 3.63) is 34.9 Å². The molecular weight excluding hydrogens is 266 g/mol. The highest BCUT2D eigenvalue weighted by atomic mass is 16.5. The Morgan fingerprint density at radius 1 is 1.48 bits per heavy atom. The van der Waals surface area contributed by atoms with Gasteiger partial charge in [0.15, 0.2) is 0 Å². The molecule has 1 aliphatic heterocycles. The molecule has 0 bridgehead atoms. The number of benzene rings is 1. The van der Waals surface area contributed by atoms with Gasteiger partial charge in [0.05, 0.1) is 12.7 Å². The van der Waals surface area contributed by atoms with Crippen LogP contribution >= 0.6 is 0 Å². The second-order valence-electron chi connectivity index (χ2n) is 5.11. The number of terminal acetylenes is 1. The van der Waals surface area contributed by atoms with E-state index >= 15 is 0 Å². The van der Waals surface area contributed by atoms with Gasteiger partial charge in [-0.15, -0.1) is 6.42 Å². The third-order valence-electron chi connectivity index (χ3n) is 3.55. The highest BCUT2D eigenvalue weighted by Crippen LogP contribution is 2.11. The minimum Gasteiger partial charge on any atom is -0.381 e. The minimum absolute atomic E-state index is 0.0998. The molecule has 1 amide bonds. The zero-order valence-corrected chi connectivity index (χ0v) is 12.4. The van der Waals surface area contributed by atoms with Crippen LogP contribution < -0.4 is 5.32 Å². The Balaban J connectivity index is 1.74. The molecule has 0 aliphatic carbocycles. The van der Waals surface area contributed by atoms with Crippen molar-refractivity contribution in [1.82, 2.24) is 5.32 Å². The molecule has 0 atom stereocenters. The van der Waals surface area contributed by atoms with Crippen molar-refractivity contribution in [2.45, 2.75) is 25.9 Å². The van der Waals surface area contributed by atoms with Gasteiger partial charge >= 0.3 is 0 Å². The van der Waals surface area contributed by atoms with Crippen LogP contribution in [0.3, 0.4) is 0 Å². The van der Waals surface area contributed by atoms with E-state index in [4.69, 9.17) is 15.9 Å². The van der Waals surface area contributed by atoms with Gasteiger partial charge in [-0.2, -0.15) is 0 Å². The summed E-state index contributed by atoms with van der Waals surface area (Å²) in [5, 5.41) is 2.86. The molecule has 0 spiro atoms. The molecule has 0 unspecified atom stereocenters. The van der Waals surface area contributed by atoms with Gasteiger partial charge in [0.25, 0.3) is 5.91 Å². The average molecular weight is 287 g/mol. The first-order chi connectivity index (χ1) is 10.2. The molecule has 4 heteroatoms. The minimum atomic E-state index is -0.0998. The predicted molar refractivity (Wildman–Crippen MR) is 81.2 cm³/mol.